The van der Waals surface area contributed by atoms with Crippen LogP contribution < -0.4 is 5.32 Å². The van der Waals surface area contributed by atoms with Gasteiger partial charge in [0, 0.05) is 12.1 Å². The summed E-state index contributed by atoms with van der Waals surface area (Å²) in [5, 5.41) is 3.50. The SMILES string of the molecule is CCNC(CCN(C)C(C)CCSC)c1ccc(F)cc1. The summed E-state index contributed by atoms with van der Waals surface area (Å²) in [6, 6.07) is 7.77. The monoisotopic (exact) mass is 312 g/mol. The van der Waals surface area contributed by atoms with E-state index in [9.17, 15) is 4.39 Å². The van der Waals surface area contributed by atoms with Crippen molar-refractivity contribution in [1.82, 2.24) is 10.2 Å². The fourth-order valence-corrected chi connectivity index (χ4v) is 2.97. The van der Waals surface area contributed by atoms with Crippen molar-refractivity contribution in [2.45, 2.75) is 38.8 Å². The number of halogens is 1. The topological polar surface area (TPSA) is 15.3 Å². The molecule has 1 aromatic carbocycles. The summed E-state index contributed by atoms with van der Waals surface area (Å²) in [5.41, 5.74) is 1.17. The third-order valence-electron chi connectivity index (χ3n) is 3.99. The van der Waals surface area contributed by atoms with Crippen LogP contribution in [0.3, 0.4) is 0 Å². The van der Waals surface area contributed by atoms with Gasteiger partial charge in [0.2, 0.25) is 0 Å². The van der Waals surface area contributed by atoms with Crippen molar-refractivity contribution in [3.05, 3.63) is 35.6 Å². The van der Waals surface area contributed by atoms with E-state index >= 15 is 0 Å². The number of hydrogen-bond acceptors (Lipinski definition) is 3. The van der Waals surface area contributed by atoms with Gasteiger partial charge in [-0.3, -0.25) is 0 Å². The lowest BCUT2D eigenvalue weighted by Gasteiger charge is -2.27. The summed E-state index contributed by atoms with van der Waals surface area (Å²) in [5.74, 6) is 1.04. The summed E-state index contributed by atoms with van der Waals surface area (Å²) in [6.45, 7) is 6.37. The molecule has 0 bridgehead atoms. The lowest BCUT2D eigenvalue weighted by molar-refractivity contribution is 0.239. The zero-order valence-electron chi connectivity index (χ0n) is 13.7. The normalized spacial score (nSPS) is 14.4. The highest BCUT2D eigenvalue weighted by molar-refractivity contribution is 7.98. The summed E-state index contributed by atoms with van der Waals surface area (Å²) in [7, 11) is 2.19. The van der Waals surface area contributed by atoms with Crippen LogP contribution in [0, 0.1) is 5.82 Å². The number of nitrogens with zero attached hydrogens (tertiary/aromatic N) is 1. The number of benzene rings is 1. The quantitative estimate of drug-likeness (QED) is 0.704. The van der Waals surface area contributed by atoms with E-state index in [2.05, 4.69) is 37.4 Å². The van der Waals surface area contributed by atoms with Crippen molar-refractivity contribution >= 4 is 11.8 Å². The first kappa shape index (κ1) is 18.5. The van der Waals surface area contributed by atoms with E-state index in [4.69, 9.17) is 0 Å². The Hall–Kier alpha value is -0.580. The fourth-order valence-electron chi connectivity index (χ4n) is 2.39. The van der Waals surface area contributed by atoms with E-state index in [1.54, 1.807) is 12.1 Å². The van der Waals surface area contributed by atoms with Crippen molar-refractivity contribution in [1.29, 1.82) is 0 Å². The van der Waals surface area contributed by atoms with E-state index < -0.39 is 0 Å². The van der Waals surface area contributed by atoms with E-state index in [0.717, 1.165) is 19.5 Å². The molecule has 0 aliphatic heterocycles. The number of rotatable bonds is 10. The zero-order valence-corrected chi connectivity index (χ0v) is 14.5. The Balaban J connectivity index is 2.52. The molecule has 0 amide bonds. The summed E-state index contributed by atoms with van der Waals surface area (Å²) in [4.78, 5) is 2.42. The van der Waals surface area contributed by atoms with Crippen LogP contribution in [0.5, 0.6) is 0 Å². The third kappa shape index (κ3) is 6.81. The molecule has 0 saturated heterocycles. The molecule has 0 aromatic heterocycles. The Labute approximate surface area is 133 Å². The minimum Gasteiger partial charge on any atom is -0.310 e. The van der Waals surface area contributed by atoms with Crippen molar-refractivity contribution < 1.29 is 4.39 Å². The number of thioether (sulfide) groups is 1. The average molecular weight is 312 g/mol. The second-order valence-corrected chi connectivity index (χ2v) is 6.55. The van der Waals surface area contributed by atoms with Gasteiger partial charge in [-0.2, -0.15) is 11.8 Å². The zero-order chi connectivity index (χ0) is 15.7. The van der Waals surface area contributed by atoms with Crippen molar-refractivity contribution in [2.24, 2.45) is 0 Å². The highest BCUT2D eigenvalue weighted by Gasteiger charge is 2.14. The molecule has 0 heterocycles. The maximum atomic E-state index is 13.0. The highest BCUT2D eigenvalue weighted by Crippen LogP contribution is 2.18. The average Bonchev–Trinajstić information content (AvgIpc) is 2.49. The largest absolute Gasteiger partial charge is 0.310 e. The molecule has 2 nitrogen and oxygen atoms in total. The van der Waals surface area contributed by atoms with E-state index in [-0.39, 0.29) is 5.82 Å². The molecule has 4 heteroatoms. The number of nitrogens with one attached hydrogen (secondary N) is 1. The molecular formula is C17H29FN2S. The van der Waals surface area contributed by atoms with Crippen molar-refractivity contribution in [2.75, 3.05) is 32.1 Å². The molecule has 1 N–H and O–H groups in total. The molecule has 0 aliphatic rings. The van der Waals surface area contributed by atoms with E-state index in [1.165, 1.54) is 17.7 Å². The molecule has 2 unspecified atom stereocenters. The summed E-state index contributed by atoms with van der Waals surface area (Å²) in [6.07, 6.45) is 4.42. The van der Waals surface area contributed by atoms with E-state index in [1.807, 2.05) is 23.9 Å². The van der Waals surface area contributed by atoms with Gasteiger partial charge in [-0.05, 0) is 69.6 Å². The van der Waals surface area contributed by atoms with Gasteiger partial charge in [0.1, 0.15) is 5.82 Å². The molecule has 0 aliphatic carbocycles. The first-order valence-corrected chi connectivity index (χ1v) is 9.15. The standard InChI is InChI=1S/C17H29FN2S/c1-5-19-17(15-6-8-16(18)9-7-15)10-12-20(3)14(2)11-13-21-4/h6-9,14,17,19H,5,10-13H2,1-4H3. The molecule has 0 saturated carbocycles. The molecule has 1 aromatic rings. The molecule has 0 spiro atoms. The fraction of sp³-hybridized carbons (Fsp3) is 0.647. The Kier molecular flexibility index (Phi) is 8.97. The van der Waals surface area contributed by atoms with Gasteiger partial charge in [0.25, 0.3) is 0 Å². The maximum absolute atomic E-state index is 13.0. The Morgan fingerprint density at radius 1 is 1.24 bits per heavy atom. The molecule has 120 valence electrons. The minimum atomic E-state index is -0.170. The van der Waals surface area contributed by atoms with Crippen LogP contribution in [0.15, 0.2) is 24.3 Å². The van der Waals surface area contributed by atoms with Gasteiger partial charge in [-0.15, -0.1) is 0 Å². The molecule has 21 heavy (non-hydrogen) atoms. The lowest BCUT2D eigenvalue weighted by atomic mass is 10.0. The smallest absolute Gasteiger partial charge is 0.123 e. The molecule has 2 atom stereocenters. The highest BCUT2D eigenvalue weighted by atomic mass is 32.2. The first-order chi connectivity index (χ1) is 10.1. The van der Waals surface area contributed by atoms with Crippen LogP contribution in [-0.2, 0) is 0 Å². The molecule has 1 rings (SSSR count). The summed E-state index contributed by atoms with van der Waals surface area (Å²) < 4.78 is 13.0. The van der Waals surface area contributed by atoms with Gasteiger partial charge in [0.15, 0.2) is 0 Å². The van der Waals surface area contributed by atoms with Crippen LogP contribution >= 0.6 is 11.8 Å². The van der Waals surface area contributed by atoms with E-state index in [0.29, 0.717) is 12.1 Å². The Bertz CT molecular complexity index is 383. The molecule has 0 radical (unpaired) electrons. The van der Waals surface area contributed by atoms with Crippen LogP contribution in [0.2, 0.25) is 0 Å². The van der Waals surface area contributed by atoms with Crippen LogP contribution in [0.25, 0.3) is 0 Å². The predicted molar refractivity (Wildman–Crippen MR) is 92.5 cm³/mol. The van der Waals surface area contributed by atoms with Gasteiger partial charge < -0.3 is 10.2 Å². The first-order valence-electron chi connectivity index (χ1n) is 7.76. The number of hydrogen-bond donors (Lipinski definition) is 1. The van der Waals surface area contributed by atoms with Crippen LogP contribution in [-0.4, -0.2) is 43.1 Å². The van der Waals surface area contributed by atoms with Crippen molar-refractivity contribution in [3.8, 4) is 0 Å². The van der Waals surface area contributed by atoms with Gasteiger partial charge in [-0.1, -0.05) is 19.1 Å². The predicted octanol–water partition coefficient (Wildman–Crippen LogP) is 3.94. The van der Waals surface area contributed by atoms with Gasteiger partial charge in [-0.25, -0.2) is 4.39 Å². The van der Waals surface area contributed by atoms with Gasteiger partial charge in [0.05, 0.1) is 0 Å². The molecule has 0 fully saturated rings. The lowest BCUT2D eigenvalue weighted by Crippen LogP contribution is -2.33. The van der Waals surface area contributed by atoms with Crippen molar-refractivity contribution in [3.63, 3.8) is 0 Å². The van der Waals surface area contributed by atoms with Crippen LogP contribution in [0.4, 0.5) is 4.39 Å². The minimum absolute atomic E-state index is 0.170. The Morgan fingerprint density at radius 3 is 2.48 bits per heavy atom. The summed E-state index contributed by atoms with van der Waals surface area (Å²) >= 11 is 1.90. The molecular weight excluding hydrogens is 283 g/mol. The second-order valence-electron chi connectivity index (χ2n) is 5.56. The van der Waals surface area contributed by atoms with Gasteiger partial charge >= 0.3 is 0 Å². The maximum Gasteiger partial charge on any atom is 0.123 e. The van der Waals surface area contributed by atoms with Crippen LogP contribution in [0.1, 0.15) is 38.3 Å². The second kappa shape index (κ2) is 10.2. The Morgan fingerprint density at radius 2 is 1.90 bits per heavy atom. The third-order valence-corrected chi connectivity index (χ3v) is 4.63.